The Labute approximate surface area is 205 Å². The summed E-state index contributed by atoms with van der Waals surface area (Å²) in [5.74, 6) is 0.0790. The monoisotopic (exact) mass is 473 g/mol. The molecule has 0 saturated carbocycles. The summed E-state index contributed by atoms with van der Waals surface area (Å²) in [5, 5.41) is 9.25. The van der Waals surface area contributed by atoms with E-state index in [1.807, 2.05) is 79.7 Å². The molecule has 1 aromatic heterocycles. The summed E-state index contributed by atoms with van der Waals surface area (Å²) < 4.78 is 5.32. The summed E-state index contributed by atoms with van der Waals surface area (Å²) in [5.41, 5.74) is 3.94. The first-order chi connectivity index (χ1) is 17.0. The van der Waals surface area contributed by atoms with Crippen LogP contribution in [0.3, 0.4) is 0 Å². The lowest BCUT2D eigenvalue weighted by atomic mass is 10.0. The minimum atomic E-state index is -0.156. The van der Waals surface area contributed by atoms with Crippen molar-refractivity contribution in [2.24, 2.45) is 5.92 Å². The molecule has 0 spiro atoms. The lowest BCUT2D eigenvalue weighted by molar-refractivity contribution is -0.119. The van der Waals surface area contributed by atoms with Gasteiger partial charge in [-0.05, 0) is 74.1 Å². The molecule has 3 aromatic rings. The van der Waals surface area contributed by atoms with Crippen LogP contribution in [0.5, 0.6) is 0 Å². The predicted octanol–water partition coefficient (Wildman–Crippen LogP) is 3.76. The van der Waals surface area contributed by atoms with Crippen LogP contribution in [0.4, 0.5) is 17.2 Å². The standard InChI is InChI=1S/C27H31N5O3/c1-32(2)12-11-29-26(33)22-14-21(15-24(16-22)30-23-6-4-3-5-7-23)19-8-10-28-25(17-19)31-27(34)20-9-13-35-18-20/h3-8,10,14-17,20,30H,9,11-13,18H2,1-2H3,(H,29,33)(H,28,31,34). The van der Waals surface area contributed by atoms with Gasteiger partial charge in [-0.25, -0.2) is 4.98 Å². The van der Waals surface area contributed by atoms with Gasteiger partial charge in [0.1, 0.15) is 5.82 Å². The van der Waals surface area contributed by atoms with Crippen LogP contribution in [0, 0.1) is 5.92 Å². The van der Waals surface area contributed by atoms with Crippen molar-refractivity contribution in [3.8, 4) is 11.1 Å². The molecule has 8 nitrogen and oxygen atoms in total. The zero-order chi connectivity index (χ0) is 24.6. The van der Waals surface area contributed by atoms with Crippen LogP contribution in [0.25, 0.3) is 11.1 Å². The van der Waals surface area contributed by atoms with Crippen LogP contribution in [-0.2, 0) is 9.53 Å². The van der Waals surface area contributed by atoms with Gasteiger partial charge in [-0.1, -0.05) is 18.2 Å². The second-order valence-electron chi connectivity index (χ2n) is 8.83. The van der Waals surface area contributed by atoms with Crippen molar-refractivity contribution in [3.63, 3.8) is 0 Å². The van der Waals surface area contributed by atoms with Crippen LogP contribution >= 0.6 is 0 Å². The Kier molecular flexibility index (Phi) is 8.07. The number of ether oxygens (including phenoxy) is 1. The van der Waals surface area contributed by atoms with Crippen molar-refractivity contribution in [1.29, 1.82) is 0 Å². The van der Waals surface area contributed by atoms with E-state index in [0.717, 1.165) is 29.0 Å². The van der Waals surface area contributed by atoms with Gasteiger partial charge in [0.05, 0.1) is 12.5 Å². The van der Waals surface area contributed by atoms with E-state index in [-0.39, 0.29) is 17.7 Å². The quantitative estimate of drug-likeness (QED) is 0.438. The number of para-hydroxylation sites is 1. The number of carbonyl (C=O) groups excluding carboxylic acids is 2. The Hall–Kier alpha value is -3.75. The Balaban J connectivity index is 1.60. The number of anilines is 3. The highest BCUT2D eigenvalue weighted by Crippen LogP contribution is 2.28. The topological polar surface area (TPSA) is 95.6 Å². The molecule has 0 bridgehead atoms. The highest BCUT2D eigenvalue weighted by molar-refractivity contribution is 5.97. The Bertz CT molecular complexity index is 1160. The van der Waals surface area contributed by atoms with Gasteiger partial charge in [0, 0.05) is 42.8 Å². The van der Waals surface area contributed by atoms with E-state index in [1.165, 1.54) is 0 Å². The number of hydrogen-bond donors (Lipinski definition) is 3. The zero-order valence-corrected chi connectivity index (χ0v) is 20.1. The van der Waals surface area contributed by atoms with E-state index in [2.05, 4.69) is 20.9 Å². The molecular weight excluding hydrogens is 442 g/mol. The van der Waals surface area contributed by atoms with Gasteiger partial charge in [0.15, 0.2) is 0 Å². The fourth-order valence-electron chi connectivity index (χ4n) is 3.83. The van der Waals surface area contributed by atoms with Crippen LogP contribution in [-0.4, -0.2) is 62.1 Å². The predicted molar refractivity (Wildman–Crippen MR) is 138 cm³/mol. The van der Waals surface area contributed by atoms with Crippen LogP contribution in [0.15, 0.2) is 66.9 Å². The van der Waals surface area contributed by atoms with E-state index in [1.54, 1.807) is 6.20 Å². The summed E-state index contributed by atoms with van der Waals surface area (Å²) in [4.78, 5) is 31.8. The first-order valence-electron chi connectivity index (χ1n) is 11.7. The molecule has 1 aliphatic rings. The fraction of sp³-hybridized carbons (Fsp3) is 0.296. The summed E-state index contributed by atoms with van der Waals surface area (Å²) in [6.07, 6.45) is 2.37. The summed E-state index contributed by atoms with van der Waals surface area (Å²) >= 11 is 0. The maximum atomic E-state index is 12.9. The van der Waals surface area contributed by atoms with Gasteiger partial charge >= 0.3 is 0 Å². The van der Waals surface area contributed by atoms with Gasteiger partial charge in [-0.3, -0.25) is 9.59 Å². The molecule has 4 rings (SSSR count). The first kappa shape index (κ1) is 24.4. The highest BCUT2D eigenvalue weighted by Gasteiger charge is 2.23. The normalized spacial score (nSPS) is 15.1. The molecule has 8 heteroatoms. The van der Waals surface area contributed by atoms with Crippen molar-refractivity contribution >= 4 is 29.0 Å². The van der Waals surface area contributed by atoms with E-state index in [9.17, 15) is 9.59 Å². The molecule has 2 aromatic carbocycles. The minimum absolute atomic E-state index is 0.0902. The number of nitrogens with one attached hydrogen (secondary N) is 3. The molecule has 1 unspecified atom stereocenters. The molecular formula is C27H31N5O3. The number of nitrogens with zero attached hydrogens (tertiary/aromatic N) is 2. The Morgan fingerprint density at radius 2 is 1.86 bits per heavy atom. The molecule has 1 fully saturated rings. The van der Waals surface area contributed by atoms with Gasteiger partial charge in [0.25, 0.3) is 5.91 Å². The fourth-order valence-corrected chi connectivity index (χ4v) is 3.83. The van der Waals surface area contributed by atoms with E-state index >= 15 is 0 Å². The number of pyridine rings is 1. The van der Waals surface area contributed by atoms with Gasteiger partial charge in [-0.2, -0.15) is 0 Å². The number of benzene rings is 2. The molecule has 1 atom stereocenters. The number of carbonyl (C=O) groups is 2. The third kappa shape index (κ3) is 6.88. The molecule has 0 aliphatic carbocycles. The average Bonchev–Trinajstić information content (AvgIpc) is 3.40. The van der Waals surface area contributed by atoms with Crippen LogP contribution in [0.1, 0.15) is 16.8 Å². The van der Waals surface area contributed by atoms with Crippen molar-refractivity contribution in [1.82, 2.24) is 15.2 Å². The van der Waals surface area contributed by atoms with E-state index in [4.69, 9.17) is 4.74 Å². The molecule has 35 heavy (non-hydrogen) atoms. The molecule has 2 amide bonds. The smallest absolute Gasteiger partial charge is 0.251 e. The molecule has 0 radical (unpaired) electrons. The zero-order valence-electron chi connectivity index (χ0n) is 20.1. The SMILES string of the molecule is CN(C)CCNC(=O)c1cc(Nc2ccccc2)cc(-c2ccnc(NC(=O)C3CCOC3)c2)c1. The van der Waals surface area contributed by atoms with Crippen LogP contribution < -0.4 is 16.0 Å². The largest absolute Gasteiger partial charge is 0.381 e. The van der Waals surface area contributed by atoms with Gasteiger partial charge < -0.3 is 25.6 Å². The molecule has 182 valence electrons. The van der Waals surface area contributed by atoms with Gasteiger partial charge in [-0.15, -0.1) is 0 Å². The van der Waals surface area contributed by atoms with Crippen molar-refractivity contribution in [2.75, 3.05) is 51.0 Å². The summed E-state index contributed by atoms with van der Waals surface area (Å²) in [7, 11) is 3.93. The average molecular weight is 474 g/mol. The Morgan fingerprint density at radius 1 is 1.03 bits per heavy atom. The second kappa shape index (κ2) is 11.6. The first-order valence-corrected chi connectivity index (χ1v) is 11.7. The van der Waals surface area contributed by atoms with Crippen molar-refractivity contribution in [3.05, 3.63) is 72.4 Å². The van der Waals surface area contributed by atoms with E-state index < -0.39 is 0 Å². The minimum Gasteiger partial charge on any atom is -0.381 e. The lowest BCUT2D eigenvalue weighted by Gasteiger charge is -2.14. The third-order valence-electron chi connectivity index (χ3n) is 5.75. The lowest BCUT2D eigenvalue weighted by Crippen LogP contribution is -2.31. The number of rotatable bonds is 9. The maximum Gasteiger partial charge on any atom is 0.251 e. The number of hydrogen-bond acceptors (Lipinski definition) is 6. The van der Waals surface area contributed by atoms with Crippen LogP contribution in [0.2, 0.25) is 0 Å². The van der Waals surface area contributed by atoms with Crippen molar-refractivity contribution in [2.45, 2.75) is 6.42 Å². The number of aromatic nitrogens is 1. The van der Waals surface area contributed by atoms with Crippen molar-refractivity contribution < 1.29 is 14.3 Å². The Morgan fingerprint density at radius 3 is 2.60 bits per heavy atom. The molecule has 1 saturated heterocycles. The summed E-state index contributed by atoms with van der Waals surface area (Å²) in [6.45, 7) is 2.34. The van der Waals surface area contributed by atoms with Gasteiger partial charge in [0.2, 0.25) is 5.91 Å². The maximum absolute atomic E-state index is 12.9. The van der Waals surface area contributed by atoms with E-state index in [0.29, 0.717) is 37.6 Å². The second-order valence-corrected chi connectivity index (χ2v) is 8.83. The summed E-state index contributed by atoms with van der Waals surface area (Å²) in [6, 6.07) is 19.2. The third-order valence-corrected chi connectivity index (χ3v) is 5.75. The molecule has 3 N–H and O–H groups in total. The molecule has 2 heterocycles. The highest BCUT2D eigenvalue weighted by atomic mass is 16.5. The molecule has 1 aliphatic heterocycles. The number of likely N-dealkylation sites (N-methyl/N-ethyl adjacent to an activating group) is 1. The number of amides is 2.